The van der Waals surface area contributed by atoms with Crippen LogP contribution in [0.2, 0.25) is 0 Å². The van der Waals surface area contributed by atoms with E-state index < -0.39 is 5.41 Å². The number of carbonyl (C=O) groups excluding carboxylic acids is 1. The molecule has 2 aromatic heterocycles. The van der Waals surface area contributed by atoms with Crippen molar-refractivity contribution in [1.29, 1.82) is 0 Å². The van der Waals surface area contributed by atoms with Crippen LogP contribution in [-0.2, 0) is 17.8 Å². The van der Waals surface area contributed by atoms with Gasteiger partial charge in [-0.05, 0) is 71.8 Å². The Balaban J connectivity index is 1.61. The molecule has 1 N–H and O–H groups in total. The molecule has 3 heterocycles. The molecule has 166 valence electrons. The van der Waals surface area contributed by atoms with Crippen molar-refractivity contribution in [3.05, 3.63) is 84.4 Å². The van der Waals surface area contributed by atoms with Gasteiger partial charge in [-0.3, -0.25) is 19.7 Å². The second-order valence-corrected chi connectivity index (χ2v) is 9.27. The molecular formula is C27H32N4O. The topological polar surface area (TPSA) is 58.1 Å². The van der Waals surface area contributed by atoms with Crippen molar-refractivity contribution in [3.63, 3.8) is 0 Å². The average molecular weight is 429 g/mol. The molecule has 3 aromatic rings. The molecule has 0 radical (unpaired) electrons. The minimum Gasteiger partial charge on any atom is -0.355 e. The maximum atomic E-state index is 13.6. The van der Waals surface area contributed by atoms with Gasteiger partial charge in [0.15, 0.2) is 0 Å². The maximum absolute atomic E-state index is 13.6. The predicted octanol–water partition coefficient (Wildman–Crippen LogP) is 4.35. The van der Waals surface area contributed by atoms with Gasteiger partial charge in [0.2, 0.25) is 5.91 Å². The third kappa shape index (κ3) is 5.22. The molecule has 1 fully saturated rings. The van der Waals surface area contributed by atoms with Crippen LogP contribution < -0.4 is 5.32 Å². The van der Waals surface area contributed by atoms with Crippen LogP contribution in [0.1, 0.15) is 31.4 Å². The highest BCUT2D eigenvalue weighted by atomic mass is 16.2. The highest BCUT2D eigenvalue weighted by Crippen LogP contribution is 2.38. The van der Waals surface area contributed by atoms with E-state index >= 15 is 0 Å². The molecule has 1 saturated heterocycles. The molecule has 0 unspecified atom stereocenters. The van der Waals surface area contributed by atoms with Crippen LogP contribution in [-0.4, -0.2) is 40.4 Å². The number of benzene rings is 1. The first-order valence-corrected chi connectivity index (χ1v) is 11.4. The minimum absolute atomic E-state index is 0.174. The van der Waals surface area contributed by atoms with Gasteiger partial charge in [0, 0.05) is 44.4 Å². The monoisotopic (exact) mass is 428 g/mol. The summed E-state index contributed by atoms with van der Waals surface area (Å²) in [6, 6.07) is 16.6. The summed E-state index contributed by atoms with van der Waals surface area (Å²) in [7, 11) is 0. The van der Waals surface area contributed by atoms with Gasteiger partial charge in [-0.15, -0.1) is 0 Å². The second kappa shape index (κ2) is 10.0. The van der Waals surface area contributed by atoms with E-state index in [1.165, 1.54) is 16.7 Å². The summed E-state index contributed by atoms with van der Waals surface area (Å²) < 4.78 is 0. The minimum atomic E-state index is -0.439. The molecule has 1 aliphatic heterocycles. The van der Waals surface area contributed by atoms with Gasteiger partial charge in [-0.1, -0.05) is 38.1 Å². The van der Waals surface area contributed by atoms with E-state index in [0.29, 0.717) is 12.5 Å². The summed E-state index contributed by atoms with van der Waals surface area (Å²) in [5.74, 6) is 0.599. The Bertz CT molecular complexity index is 1020. The second-order valence-electron chi connectivity index (χ2n) is 9.27. The highest BCUT2D eigenvalue weighted by molar-refractivity contribution is 5.84. The molecule has 0 bridgehead atoms. The quantitative estimate of drug-likeness (QED) is 0.579. The third-order valence-electron chi connectivity index (χ3n) is 6.28. The van der Waals surface area contributed by atoms with Gasteiger partial charge in [0.1, 0.15) is 0 Å². The lowest BCUT2D eigenvalue weighted by Gasteiger charge is -2.30. The zero-order valence-corrected chi connectivity index (χ0v) is 19.0. The lowest BCUT2D eigenvalue weighted by atomic mass is 9.78. The molecule has 5 nitrogen and oxygen atoms in total. The van der Waals surface area contributed by atoms with E-state index in [0.717, 1.165) is 38.0 Å². The molecule has 1 atom stereocenters. The van der Waals surface area contributed by atoms with Crippen LogP contribution in [0.15, 0.2) is 73.3 Å². The molecule has 5 heteroatoms. The number of hydrogen-bond acceptors (Lipinski definition) is 4. The number of hydrogen-bond donors (Lipinski definition) is 1. The number of nitrogens with one attached hydrogen (secondary N) is 1. The Hall–Kier alpha value is -3.05. The Labute approximate surface area is 190 Å². The standard InChI is InChI=1S/C27H32N4O/c1-21(2)18-30-26(32)27(11-16-31(20-27)19-22-7-12-28-13-8-22)17-24-5-3-4-6-25(24)23-9-14-29-15-10-23/h3-10,12-15,21H,11,16-20H2,1-2H3,(H,30,32)/t27-/m1/s1. The van der Waals surface area contributed by atoms with Crippen molar-refractivity contribution in [1.82, 2.24) is 20.2 Å². The Morgan fingerprint density at radius 1 is 1.03 bits per heavy atom. The fourth-order valence-electron chi connectivity index (χ4n) is 4.59. The summed E-state index contributed by atoms with van der Waals surface area (Å²) >= 11 is 0. The zero-order chi connectivity index (χ0) is 22.4. The number of likely N-dealkylation sites (tertiary alicyclic amines) is 1. The summed E-state index contributed by atoms with van der Waals surface area (Å²) in [5.41, 5.74) is 4.32. The molecule has 1 amide bonds. The number of aromatic nitrogens is 2. The fourth-order valence-corrected chi connectivity index (χ4v) is 4.59. The van der Waals surface area contributed by atoms with Gasteiger partial charge in [-0.25, -0.2) is 0 Å². The smallest absolute Gasteiger partial charge is 0.227 e. The van der Waals surface area contributed by atoms with Crippen molar-refractivity contribution >= 4 is 5.91 Å². The van der Waals surface area contributed by atoms with Crippen LogP contribution in [0.4, 0.5) is 0 Å². The van der Waals surface area contributed by atoms with Gasteiger partial charge >= 0.3 is 0 Å². The molecule has 32 heavy (non-hydrogen) atoms. The summed E-state index contributed by atoms with van der Waals surface area (Å²) in [4.78, 5) is 24.3. The molecule has 0 saturated carbocycles. The first kappa shape index (κ1) is 22.2. The van der Waals surface area contributed by atoms with Gasteiger partial charge in [0.25, 0.3) is 0 Å². The molecule has 1 aliphatic rings. The van der Waals surface area contributed by atoms with Crippen LogP contribution >= 0.6 is 0 Å². The summed E-state index contributed by atoms with van der Waals surface area (Å²) in [6.45, 7) is 7.48. The number of nitrogens with zero attached hydrogens (tertiary/aromatic N) is 3. The van der Waals surface area contributed by atoms with Crippen molar-refractivity contribution in [2.45, 2.75) is 33.2 Å². The highest BCUT2D eigenvalue weighted by Gasteiger charge is 2.44. The van der Waals surface area contributed by atoms with Crippen LogP contribution in [0.25, 0.3) is 11.1 Å². The normalized spacial score (nSPS) is 18.7. The number of rotatable bonds is 8. The number of amides is 1. The molecule has 1 aromatic carbocycles. The van der Waals surface area contributed by atoms with E-state index in [1.54, 1.807) is 0 Å². The fraction of sp³-hybridized carbons (Fsp3) is 0.370. The van der Waals surface area contributed by atoms with E-state index in [9.17, 15) is 4.79 Å². The average Bonchev–Trinajstić information content (AvgIpc) is 3.22. The zero-order valence-electron chi connectivity index (χ0n) is 19.0. The van der Waals surface area contributed by atoms with Crippen molar-refractivity contribution in [2.24, 2.45) is 11.3 Å². The SMILES string of the molecule is CC(C)CNC(=O)[C@@]1(Cc2ccccc2-c2ccncc2)CCN(Cc2ccncc2)C1. The van der Waals surface area contributed by atoms with Gasteiger partial charge < -0.3 is 5.32 Å². The van der Waals surface area contributed by atoms with Crippen molar-refractivity contribution in [3.8, 4) is 11.1 Å². The summed E-state index contributed by atoms with van der Waals surface area (Å²) in [6.07, 6.45) is 8.89. The van der Waals surface area contributed by atoms with E-state index in [-0.39, 0.29) is 5.91 Å². The lowest BCUT2D eigenvalue weighted by Crippen LogP contribution is -2.45. The Kier molecular flexibility index (Phi) is 6.96. The van der Waals surface area contributed by atoms with E-state index in [2.05, 4.69) is 70.4 Å². The first-order chi connectivity index (χ1) is 15.6. The largest absolute Gasteiger partial charge is 0.355 e. The van der Waals surface area contributed by atoms with Gasteiger partial charge in [0.05, 0.1) is 5.41 Å². The maximum Gasteiger partial charge on any atom is 0.227 e. The van der Waals surface area contributed by atoms with Crippen LogP contribution in [0, 0.1) is 11.3 Å². The number of pyridine rings is 2. The van der Waals surface area contributed by atoms with E-state index in [4.69, 9.17) is 0 Å². The molecule has 4 rings (SSSR count). The predicted molar refractivity (Wildman–Crippen MR) is 128 cm³/mol. The summed E-state index contributed by atoms with van der Waals surface area (Å²) in [5, 5.41) is 3.24. The van der Waals surface area contributed by atoms with E-state index in [1.807, 2.05) is 36.9 Å². The molecule has 0 spiro atoms. The van der Waals surface area contributed by atoms with Crippen molar-refractivity contribution < 1.29 is 4.79 Å². The number of carbonyl (C=O) groups is 1. The Morgan fingerprint density at radius 2 is 1.72 bits per heavy atom. The van der Waals surface area contributed by atoms with Gasteiger partial charge in [-0.2, -0.15) is 0 Å². The molecular weight excluding hydrogens is 396 g/mol. The first-order valence-electron chi connectivity index (χ1n) is 11.4. The van der Waals surface area contributed by atoms with Crippen LogP contribution in [0.5, 0.6) is 0 Å². The third-order valence-corrected chi connectivity index (χ3v) is 6.28. The van der Waals surface area contributed by atoms with Crippen LogP contribution in [0.3, 0.4) is 0 Å². The Morgan fingerprint density at radius 3 is 2.44 bits per heavy atom. The molecule has 0 aliphatic carbocycles. The lowest BCUT2D eigenvalue weighted by molar-refractivity contribution is -0.130. The van der Waals surface area contributed by atoms with Crippen molar-refractivity contribution in [2.75, 3.05) is 19.6 Å².